The number of carbonyl (C=O) groups excluding carboxylic acids is 3. The fourth-order valence-electron chi connectivity index (χ4n) is 2.63. The molecule has 1 aromatic carbocycles. The van der Waals surface area contributed by atoms with Crippen LogP contribution in [0.15, 0.2) is 30.3 Å². The highest BCUT2D eigenvalue weighted by Crippen LogP contribution is 2.17. The predicted octanol–water partition coefficient (Wildman–Crippen LogP) is 2.42. The van der Waals surface area contributed by atoms with Crippen LogP contribution in [0.1, 0.15) is 26.3 Å². The summed E-state index contributed by atoms with van der Waals surface area (Å²) in [6.45, 7) is 5.76. The third-order valence-corrected chi connectivity index (χ3v) is 3.94. The lowest BCUT2D eigenvalue weighted by molar-refractivity contribution is -0.148. The maximum atomic E-state index is 12.5. The van der Waals surface area contributed by atoms with Gasteiger partial charge in [0, 0.05) is 13.1 Å². The normalized spacial score (nSPS) is 17.3. The molecule has 0 spiro atoms. The molecule has 0 radical (unpaired) electrons. The summed E-state index contributed by atoms with van der Waals surface area (Å²) in [6, 6.07) is 8.30. The van der Waals surface area contributed by atoms with Crippen LogP contribution in [0.4, 0.5) is 9.59 Å². The summed E-state index contributed by atoms with van der Waals surface area (Å²) < 4.78 is 15.4. The maximum absolute atomic E-state index is 12.5. The number of piperazine rings is 1. The minimum Gasteiger partial charge on any atom is -0.467 e. The fourth-order valence-corrected chi connectivity index (χ4v) is 2.63. The van der Waals surface area contributed by atoms with Crippen molar-refractivity contribution < 1.29 is 28.6 Å². The van der Waals surface area contributed by atoms with Crippen LogP contribution < -0.4 is 0 Å². The first-order chi connectivity index (χ1) is 12.7. The number of rotatable bonds is 3. The zero-order valence-electron chi connectivity index (χ0n) is 16.1. The summed E-state index contributed by atoms with van der Waals surface area (Å²) in [6.07, 6.45) is -1.16. The smallest absolute Gasteiger partial charge is 0.410 e. The molecule has 1 aliphatic heterocycles. The van der Waals surface area contributed by atoms with E-state index >= 15 is 0 Å². The van der Waals surface area contributed by atoms with Crippen LogP contribution in [0, 0.1) is 0 Å². The molecule has 2 rings (SSSR count). The van der Waals surface area contributed by atoms with E-state index in [1.807, 2.05) is 30.3 Å². The molecule has 1 heterocycles. The standard InChI is InChI=1S/C19H26N2O6/c1-19(2,3)27-17(23)20-10-11-21(15(12-20)16(22)25-4)18(24)26-13-14-8-6-5-7-9-14/h5-9,15H,10-13H2,1-4H3/t15-/m1/s1. The SMILES string of the molecule is COC(=O)[C@H]1CN(C(=O)OC(C)(C)C)CCN1C(=O)OCc1ccccc1. The number of hydrogen-bond acceptors (Lipinski definition) is 6. The first kappa shape index (κ1) is 20.5. The van der Waals surface area contributed by atoms with Crippen molar-refractivity contribution >= 4 is 18.2 Å². The topological polar surface area (TPSA) is 85.4 Å². The highest BCUT2D eigenvalue weighted by atomic mass is 16.6. The quantitative estimate of drug-likeness (QED) is 0.593. The minimum absolute atomic E-state index is 0.0119. The van der Waals surface area contributed by atoms with Gasteiger partial charge in [-0.05, 0) is 26.3 Å². The Kier molecular flexibility index (Phi) is 6.65. The van der Waals surface area contributed by atoms with Crippen molar-refractivity contribution in [2.75, 3.05) is 26.7 Å². The third kappa shape index (κ3) is 5.87. The molecule has 148 valence electrons. The number of benzene rings is 1. The van der Waals surface area contributed by atoms with Gasteiger partial charge >= 0.3 is 18.2 Å². The summed E-state index contributed by atoms with van der Waals surface area (Å²) in [5.74, 6) is -0.611. The molecular formula is C19H26N2O6. The molecule has 0 saturated carbocycles. The number of nitrogens with zero attached hydrogens (tertiary/aromatic N) is 2. The Morgan fingerprint density at radius 3 is 2.33 bits per heavy atom. The Bertz CT molecular complexity index is 671. The Morgan fingerprint density at radius 2 is 1.74 bits per heavy atom. The summed E-state index contributed by atoms with van der Waals surface area (Å²) in [5.41, 5.74) is 0.191. The number of methoxy groups -OCH3 is 1. The van der Waals surface area contributed by atoms with Crippen molar-refractivity contribution in [3.05, 3.63) is 35.9 Å². The van der Waals surface area contributed by atoms with Crippen LogP contribution in [0.25, 0.3) is 0 Å². The molecule has 0 aromatic heterocycles. The molecule has 0 unspecified atom stereocenters. The predicted molar refractivity (Wildman–Crippen MR) is 96.9 cm³/mol. The van der Waals surface area contributed by atoms with Gasteiger partial charge in [0.1, 0.15) is 12.2 Å². The molecule has 1 fully saturated rings. The Hall–Kier alpha value is -2.77. The van der Waals surface area contributed by atoms with Gasteiger partial charge in [-0.15, -0.1) is 0 Å². The van der Waals surface area contributed by atoms with Crippen LogP contribution in [-0.2, 0) is 25.6 Å². The van der Waals surface area contributed by atoms with Crippen molar-refractivity contribution in [3.63, 3.8) is 0 Å². The van der Waals surface area contributed by atoms with Gasteiger partial charge < -0.3 is 19.1 Å². The van der Waals surface area contributed by atoms with E-state index in [9.17, 15) is 14.4 Å². The molecule has 27 heavy (non-hydrogen) atoms. The van der Waals surface area contributed by atoms with E-state index in [4.69, 9.17) is 14.2 Å². The monoisotopic (exact) mass is 378 g/mol. The van der Waals surface area contributed by atoms with Crippen LogP contribution in [0.5, 0.6) is 0 Å². The molecule has 0 N–H and O–H groups in total. The van der Waals surface area contributed by atoms with Crippen LogP contribution in [0.2, 0.25) is 0 Å². The lowest BCUT2D eigenvalue weighted by Gasteiger charge is -2.39. The molecule has 1 saturated heterocycles. The van der Waals surface area contributed by atoms with E-state index in [1.165, 1.54) is 16.9 Å². The van der Waals surface area contributed by atoms with Crippen molar-refractivity contribution in [2.45, 2.75) is 39.0 Å². The second-order valence-electron chi connectivity index (χ2n) is 7.20. The molecular weight excluding hydrogens is 352 g/mol. The highest BCUT2D eigenvalue weighted by Gasteiger charge is 2.39. The van der Waals surface area contributed by atoms with E-state index < -0.39 is 29.8 Å². The zero-order valence-corrected chi connectivity index (χ0v) is 16.1. The average molecular weight is 378 g/mol. The van der Waals surface area contributed by atoms with E-state index in [2.05, 4.69) is 0 Å². The van der Waals surface area contributed by atoms with Crippen molar-refractivity contribution in [1.82, 2.24) is 9.80 Å². The molecule has 8 nitrogen and oxygen atoms in total. The second kappa shape index (κ2) is 8.75. The zero-order chi connectivity index (χ0) is 20.0. The molecule has 2 amide bonds. The Labute approximate surface area is 159 Å². The van der Waals surface area contributed by atoms with Crippen molar-refractivity contribution in [3.8, 4) is 0 Å². The molecule has 8 heteroatoms. The summed E-state index contributed by atoms with van der Waals surface area (Å²) in [7, 11) is 1.24. The van der Waals surface area contributed by atoms with Gasteiger partial charge in [-0.1, -0.05) is 30.3 Å². The molecule has 1 aromatic rings. The number of carbonyl (C=O) groups is 3. The van der Waals surface area contributed by atoms with E-state index in [1.54, 1.807) is 20.8 Å². The fraction of sp³-hybridized carbons (Fsp3) is 0.526. The summed E-state index contributed by atoms with van der Waals surface area (Å²) >= 11 is 0. The van der Waals surface area contributed by atoms with Crippen LogP contribution in [0.3, 0.4) is 0 Å². The van der Waals surface area contributed by atoms with Gasteiger partial charge in [-0.2, -0.15) is 0 Å². The largest absolute Gasteiger partial charge is 0.467 e. The highest BCUT2D eigenvalue weighted by molar-refractivity contribution is 5.83. The number of hydrogen-bond donors (Lipinski definition) is 0. The first-order valence-corrected chi connectivity index (χ1v) is 8.74. The molecule has 0 aliphatic carbocycles. The average Bonchev–Trinajstić information content (AvgIpc) is 2.64. The van der Waals surface area contributed by atoms with Crippen LogP contribution >= 0.6 is 0 Å². The maximum Gasteiger partial charge on any atom is 0.410 e. The van der Waals surface area contributed by atoms with E-state index in [0.717, 1.165) is 5.56 Å². The van der Waals surface area contributed by atoms with Crippen molar-refractivity contribution in [1.29, 1.82) is 0 Å². The third-order valence-electron chi connectivity index (χ3n) is 3.94. The van der Waals surface area contributed by atoms with Gasteiger partial charge in [0.05, 0.1) is 13.7 Å². The Balaban J connectivity index is 2.02. The van der Waals surface area contributed by atoms with Gasteiger partial charge in [-0.25, -0.2) is 14.4 Å². The second-order valence-corrected chi connectivity index (χ2v) is 7.20. The van der Waals surface area contributed by atoms with Gasteiger partial charge in [0.2, 0.25) is 0 Å². The van der Waals surface area contributed by atoms with E-state index in [0.29, 0.717) is 0 Å². The van der Waals surface area contributed by atoms with Crippen LogP contribution in [-0.4, -0.2) is 66.3 Å². The molecule has 1 aliphatic rings. The number of ether oxygens (including phenoxy) is 3. The lowest BCUT2D eigenvalue weighted by atomic mass is 10.1. The molecule has 1 atom stereocenters. The first-order valence-electron chi connectivity index (χ1n) is 8.74. The summed E-state index contributed by atoms with van der Waals surface area (Å²) in [5, 5.41) is 0. The minimum atomic E-state index is -0.945. The lowest BCUT2D eigenvalue weighted by Crippen LogP contribution is -2.60. The molecule has 0 bridgehead atoms. The Morgan fingerprint density at radius 1 is 1.07 bits per heavy atom. The number of amides is 2. The van der Waals surface area contributed by atoms with Gasteiger partial charge in [-0.3, -0.25) is 4.90 Å². The van der Waals surface area contributed by atoms with E-state index in [-0.39, 0.29) is 26.2 Å². The number of esters is 1. The summed E-state index contributed by atoms with van der Waals surface area (Å²) in [4.78, 5) is 39.6. The van der Waals surface area contributed by atoms with Gasteiger partial charge in [0.15, 0.2) is 6.04 Å². The van der Waals surface area contributed by atoms with Gasteiger partial charge in [0.25, 0.3) is 0 Å². The van der Waals surface area contributed by atoms with Crippen molar-refractivity contribution in [2.24, 2.45) is 0 Å².